The van der Waals surface area contributed by atoms with Gasteiger partial charge in [-0.15, -0.1) is 0 Å². The molecule has 1 aromatic heterocycles. The van der Waals surface area contributed by atoms with Gasteiger partial charge in [0.2, 0.25) is 5.95 Å². The van der Waals surface area contributed by atoms with Gasteiger partial charge < -0.3 is 21.3 Å². The van der Waals surface area contributed by atoms with Gasteiger partial charge in [0.05, 0.1) is 0 Å². The standard InChI is InChI=1S/C16H28N6/c1-16(2,3)5-12-13(17)19-15(18)20-14(12)22-8-10-6-21(4)7-11(10)9-22/h10-11H,5-9H2,1-4H3,(H4,17,18,19,20)/t10-,11+. The molecular formula is C16H28N6. The number of rotatable bonds is 2. The normalized spacial score (nSPS) is 25.7. The first kappa shape index (κ1) is 15.3. The van der Waals surface area contributed by atoms with Crippen LogP contribution in [0.5, 0.6) is 0 Å². The van der Waals surface area contributed by atoms with Crippen molar-refractivity contribution in [3.05, 3.63) is 5.56 Å². The fraction of sp³-hybridized carbons (Fsp3) is 0.750. The highest BCUT2D eigenvalue weighted by molar-refractivity contribution is 5.60. The minimum absolute atomic E-state index is 0.137. The van der Waals surface area contributed by atoms with Gasteiger partial charge in [0.15, 0.2) is 0 Å². The lowest BCUT2D eigenvalue weighted by atomic mass is 9.88. The van der Waals surface area contributed by atoms with Crippen molar-refractivity contribution in [1.29, 1.82) is 0 Å². The van der Waals surface area contributed by atoms with Crippen LogP contribution in [0.4, 0.5) is 17.6 Å². The highest BCUT2D eigenvalue weighted by Crippen LogP contribution is 2.37. The molecule has 2 saturated heterocycles. The molecule has 0 spiro atoms. The number of fused-ring (bicyclic) bond motifs is 1. The fourth-order valence-corrected chi connectivity index (χ4v) is 3.87. The van der Waals surface area contributed by atoms with Crippen molar-refractivity contribution in [3.63, 3.8) is 0 Å². The minimum atomic E-state index is 0.137. The van der Waals surface area contributed by atoms with Gasteiger partial charge in [-0.05, 0) is 30.7 Å². The van der Waals surface area contributed by atoms with Gasteiger partial charge in [-0.2, -0.15) is 9.97 Å². The fourth-order valence-electron chi connectivity index (χ4n) is 3.87. The molecule has 0 unspecified atom stereocenters. The second kappa shape index (κ2) is 5.26. The van der Waals surface area contributed by atoms with Crippen LogP contribution in [0.2, 0.25) is 0 Å². The smallest absolute Gasteiger partial charge is 0.223 e. The van der Waals surface area contributed by atoms with E-state index in [-0.39, 0.29) is 11.4 Å². The molecule has 0 amide bonds. The van der Waals surface area contributed by atoms with Gasteiger partial charge >= 0.3 is 0 Å². The summed E-state index contributed by atoms with van der Waals surface area (Å²) in [5.74, 6) is 3.22. The van der Waals surface area contributed by atoms with E-state index in [0.29, 0.717) is 5.82 Å². The van der Waals surface area contributed by atoms with Crippen LogP contribution >= 0.6 is 0 Å². The molecule has 122 valence electrons. The Labute approximate surface area is 132 Å². The number of nitrogens with two attached hydrogens (primary N) is 2. The molecule has 2 aliphatic heterocycles. The monoisotopic (exact) mass is 304 g/mol. The Morgan fingerprint density at radius 2 is 1.64 bits per heavy atom. The zero-order valence-corrected chi connectivity index (χ0v) is 14.1. The van der Waals surface area contributed by atoms with Gasteiger partial charge in [-0.1, -0.05) is 20.8 Å². The van der Waals surface area contributed by atoms with E-state index in [0.717, 1.165) is 42.7 Å². The van der Waals surface area contributed by atoms with Crippen LogP contribution in [-0.4, -0.2) is 48.1 Å². The van der Waals surface area contributed by atoms with Crippen LogP contribution in [0.3, 0.4) is 0 Å². The number of hydrogen-bond acceptors (Lipinski definition) is 6. The Hall–Kier alpha value is -1.56. The summed E-state index contributed by atoms with van der Waals surface area (Å²) in [5, 5.41) is 0. The second-order valence-corrected chi connectivity index (χ2v) is 8.15. The highest BCUT2D eigenvalue weighted by Gasteiger charge is 2.40. The number of anilines is 3. The average molecular weight is 304 g/mol. The molecule has 4 N–H and O–H groups in total. The summed E-state index contributed by atoms with van der Waals surface area (Å²) in [6, 6.07) is 0. The molecule has 3 rings (SSSR count). The first-order chi connectivity index (χ1) is 10.2. The minimum Gasteiger partial charge on any atom is -0.383 e. The molecule has 0 aromatic carbocycles. The van der Waals surface area contributed by atoms with Crippen LogP contribution in [0.1, 0.15) is 26.3 Å². The van der Waals surface area contributed by atoms with E-state index in [9.17, 15) is 0 Å². The molecule has 22 heavy (non-hydrogen) atoms. The Kier molecular flexibility index (Phi) is 3.67. The molecule has 0 radical (unpaired) electrons. The second-order valence-electron chi connectivity index (χ2n) is 8.15. The van der Waals surface area contributed by atoms with Gasteiger partial charge in [0.25, 0.3) is 0 Å². The number of aromatic nitrogens is 2. The molecule has 2 fully saturated rings. The summed E-state index contributed by atoms with van der Waals surface area (Å²) >= 11 is 0. The lowest BCUT2D eigenvalue weighted by Gasteiger charge is -2.26. The average Bonchev–Trinajstić information content (AvgIpc) is 2.87. The zero-order valence-electron chi connectivity index (χ0n) is 14.1. The number of nitrogen functional groups attached to an aromatic ring is 2. The molecule has 0 bridgehead atoms. The summed E-state index contributed by atoms with van der Waals surface area (Å²) in [5.41, 5.74) is 13.2. The van der Waals surface area contributed by atoms with Crippen molar-refractivity contribution >= 4 is 17.6 Å². The van der Waals surface area contributed by atoms with Gasteiger partial charge in [-0.25, -0.2) is 0 Å². The van der Waals surface area contributed by atoms with E-state index in [2.05, 4.69) is 47.6 Å². The maximum Gasteiger partial charge on any atom is 0.223 e. The third-order valence-electron chi connectivity index (χ3n) is 4.71. The lowest BCUT2D eigenvalue weighted by molar-refractivity contribution is 0.386. The molecule has 6 heteroatoms. The van der Waals surface area contributed by atoms with Crippen LogP contribution in [0.25, 0.3) is 0 Å². The van der Waals surface area contributed by atoms with E-state index in [4.69, 9.17) is 11.5 Å². The summed E-state index contributed by atoms with van der Waals surface area (Å²) < 4.78 is 0. The molecule has 0 saturated carbocycles. The van der Waals surface area contributed by atoms with E-state index in [1.807, 2.05) is 0 Å². The Bertz CT molecular complexity index is 550. The number of hydrogen-bond donors (Lipinski definition) is 2. The van der Waals surface area contributed by atoms with Crippen LogP contribution in [0, 0.1) is 17.3 Å². The van der Waals surface area contributed by atoms with Gasteiger partial charge in [-0.3, -0.25) is 0 Å². The van der Waals surface area contributed by atoms with Crippen molar-refractivity contribution in [1.82, 2.24) is 14.9 Å². The predicted octanol–water partition coefficient (Wildman–Crippen LogP) is 1.23. The van der Waals surface area contributed by atoms with Crippen molar-refractivity contribution in [2.75, 3.05) is 49.6 Å². The molecule has 1 aromatic rings. The van der Waals surface area contributed by atoms with Gasteiger partial charge in [0.1, 0.15) is 11.6 Å². The third kappa shape index (κ3) is 2.97. The van der Waals surface area contributed by atoms with Crippen LogP contribution in [-0.2, 0) is 6.42 Å². The first-order valence-corrected chi connectivity index (χ1v) is 8.08. The maximum atomic E-state index is 6.17. The maximum absolute atomic E-state index is 6.17. The van der Waals surface area contributed by atoms with E-state index in [1.54, 1.807) is 0 Å². The molecule has 3 heterocycles. The summed E-state index contributed by atoms with van der Waals surface area (Å²) in [6.07, 6.45) is 0.861. The zero-order chi connectivity index (χ0) is 16.1. The Morgan fingerprint density at radius 3 is 2.18 bits per heavy atom. The van der Waals surface area contributed by atoms with Crippen LogP contribution in [0.15, 0.2) is 0 Å². The topological polar surface area (TPSA) is 84.3 Å². The van der Waals surface area contributed by atoms with Crippen molar-refractivity contribution in [2.45, 2.75) is 27.2 Å². The van der Waals surface area contributed by atoms with E-state index in [1.165, 1.54) is 13.1 Å². The van der Waals surface area contributed by atoms with Crippen molar-refractivity contribution in [2.24, 2.45) is 17.3 Å². The summed E-state index contributed by atoms with van der Waals surface area (Å²) in [7, 11) is 2.20. The SMILES string of the molecule is CN1C[C@@H]2CN(c3nc(N)nc(N)c3CC(C)(C)C)C[C@@H]2C1. The largest absolute Gasteiger partial charge is 0.383 e. The lowest BCUT2D eigenvalue weighted by Crippen LogP contribution is -2.29. The summed E-state index contributed by atoms with van der Waals surface area (Å²) in [4.78, 5) is 13.5. The highest BCUT2D eigenvalue weighted by atomic mass is 15.3. The van der Waals surface area contributed by atoms with Gasteiger partial charge in [0, 0.05) is 31.7 Å². The molecule has 0 aliphatic carbocycles. The number of nitrogens with zero attached hydrogens (tertiary/aromatic N) is 4. The predicted molar refractivity (Wildman–Crippen MR) is 90.7 cm³/mol. The van der Waals surface area contributed by atoms with Crippen molar-refractivity contribution < 1.29 is 0 Å². The molecule has 2 atom stereocenters. The number of likely N-dealkylation sites (tertiary alicyclic amines) is 1. The van der Waals surface area contributed by atoms with E-state index < -0.39 is 0 Å². The summed E-state index contributed by atoms with van der Waals surface area (Å²) in [6.45, 7) is 11.1. The quantitative estimate of drug-likeness (QED) is 0.855. The molecule has 2 aliphatic rings. The Morgan fingerprint density at radius 1 is 1.05 bits per heavy atom. The Balaban J connectivity index is 1.90. The van der Waals surface area contributed by atoms with Crippen molar-refractivity contribution in [3.8, 4) is 0 Å². The third-order valence-corrected chi connectivity index (χ3v) is 4.71. The first-order valence-electron chi connectivity index (χ1n) is 8.08. The molecule has 6 nitrogen and oxygen atoms in total. The van der Waals surface area contributed by atoms with E-state index >= 15 is 0 Å². The van der Waals surface area contributed by atoms with Crippen LogP contribution < -0.4 is 16.4 Å². The molecular weight excluding hydrogens is 276 g/mol.